The number of benzene rings is 1. The maximum atomic E-state index is 11.4. The summed E-state index contributed by atoms with van der Waals surface area (Å²) in [7, 11) is 2.61. The van der Waals surface area contributed by atoms with E-state index in [2.05, 4.69) is 4.74 Å². The van der Waals surface area contributed by atoms with Crippen LogP contribution in [0.4, 0.5) is 0 Å². The molecule has 0 aromatic heterocycles. The molecule has 1 rings (SSSR count). The number of carbonyl (C=O) groups excluding carboxylic acids is 3. The van der Waals surface area contributed by atoms with Crippen LogP contribution in [-0.2, 0) is 19.1 Å². The largest absolute Gasteiger partial charge is 0.546 e. The molecular formula is C14H12O9-2. The molecule has 1 N–H and O–H groups in total. The van der Waals surface area contributed by atoms with E-state index in [1.807, 2.05) is 0 Å². The fourth-order valence-corrected chi connectivity index (χ4v) is 1.52. The fourth-order valence-electron chi connectivity index (χ4n) is 1.52. The van der Waals surface area contributed by atoms with Gasteiger partial charge >= 0.3 is 5.97 Å². The van der Waals surface area contributed by atoms with Crippen LogP contribution >= 0.6 is 0 Å². The number of methoxy groups -OCH3 is 2. The molecule has 0 bridgehead atoms. The van der Waals surface area contributed by atoms with Gasteiger partial charge in [0.15, 0.2) is 17.6 Å². The summed E-state index contributed by atoms with van der Waals surface area (Å²) in [4.78, 5) is 32.3. The van der Waals surface area contributed by atoms with Gasteiger partial charge in [-0.1, -0.05) is 0 Å². The van der Waals surface area contributed by atoms with Crippen LogP contribution < -0.4 is 19.7 Å². The monoisotopic (exact) mass is 324 g/mol. The van der Waals surface area contributed by atoms with E-state index >= 15 is 0 Å². The van der Waals surface area contributed by atoms with Crippen molar-refractivity contribution in [2.24, 2.45) is 0 Å². The zero-order valence-electron chi connectivity index (χ0n) is 12.1. The lowest BCUT2D eigenvalue weighted by Gasteiger charge is -2.18. The van der Waals surface area contributed by atoms with Crippen molar-refractivity contribution < 1.29 is 43.9 Å². The Morgan fingerprint density at radius 2 is 1.57 bits per heavy atom. The second-order valence-corrected chi connectivity index (χ2v) is 4.06. The smallest absolute Gasteiger partial charge is 0.331 e. The molecule has 9 heteroatoms. The molecule has 0 fully saturated rings. The van der Waals surface area contributed by atoms with E-state index in [9.17, 15) is 29.7 Å². The second kappa shape index (κ2) is 7.69. The molecule has 0 unspecified atom stereocenters. The van der Waals surface area contributed by atoms with Gasteiger partial charge in [-0.05, 0) is 23.8 Å². The van der Waals surface area contributed by atoms with Crippen LogP contribution in [0, 0.1) is 0 Å². The highest BCUT2D eigenvalue weighted by atomic mass is 16.6. The summed E-state index contributed by atoms with van der Waals surface area (Å²) in [5.41, 5.74) is 0.340. The van der Waals surface area contributed by atoms with E-state index in [1.165, 1.54) is 32.4 Å². The van der Waals surface area contributed by atoms with Gasteiger partial charge in [-0.2, -0.15) is 0 Å². The topological polar surface area (TPSA) is 145 Å². The van der Waals surface area contributed by atoms with Crippen LogP contribution in [-0.4, -0.2) is 43.3 Å². The molecule has 23 heavy (non-hydrogen) atoms. The van der Waals surface area contributed by atoms with Gasteiger partial charge in [0.05, 0.1) is 26.2 Å². The van der Waals surface area contributed by atoms with Gasteiger partial charge in [0.25, 0.3) is 0 Å². The summed E-state index contributed by atoms with van der Waals surface area (Å²) in [6, 6.07) is 2.72. The Kier molecular flexibility index (Phi) is 5.95. The van der Waals surface area contributed by atoms with E-state index in [-0.39, 0.29) is 17.2 Å². The molecule has 0 saturated heterocycles. The lowest BCUT2D eigenvalue weighted by Crippen LogP contribution is -2.50. The van der Waals surface area contributed by atoms with Crippen LogP contribution in [0.1, 0.15) is 5.56 Å². The Balaban J connectivity index is 2.94. The fraction of sp³-hybridized carbons (Fsp3) is 0.214. The average molecular weight is 324 g/mol. The highest BCUT2D eigenvalue weighted by Crippen LogP contribution is 2.37. The van der Waals surface area contributed by atoms with E-state index in [1.54, 1.807) is 0 Å². The van der Waals surface area contributed by atoms with E-state index in [4.69, 9.17) is 9.47 Å². The molecule has 0 aliphatic carbocycles. The molecule has 0 heterocycles. The van der Waals surface area contributed by atoms with Crippen LogP contribution in [0.25, 0.3) is 6.08 Å². The first-order valence-corrected chi connectivity index (χ1v) is 6.05. The summed E-state index contributed by atoms with van der Waals surface area (Å²) < 4.78 is 14.0. The maximum Gasteiger partial charge on any atom is 0.331 e. The maximum absolute atomic E-state index is 11.4. The zero-order valence-corrected chi connectivity index (χ0v) is 12.1. The predicted molar refractivity (Wildman–Crippen MR) is 70.1 cm³/mol. The molecule has 0 atom stereocenters. The normalized spacial score (nSPS) is 10.6. The van der Waals surface area contributed by atoms with Gasteiger partial charge < -0.3 is 39.1 Å². The number of rotatable bonds is 7. The number of aromatic hydroxyl groups is 1. The molecule has 0 spiro atoms. The number of hydrogen-bond donors (Lipinski definition) is 1. The Labute approximate surface area is 130 Å². The number of aliphatic carboxylic acids is 2. The number of hydrogen-bond acceptors (Lipinski definition) is 9. The molecule has 0 aliphatic heterocycles. The van der Waals surface area contributed by atoms with E-state index in [0.29, 0.717) is 5.56 Å². The number of phenolic OH excluding ortho intramolecular Hbond substituents is 1. The summed E-state index contributed by atoms with van der Waals surface area (Å²) in [5.74, 6) is -5.57. The van der Waals surface area contributed by atoms with Crippen molar-refractivity contribution >= 4 is 24.0 Å². The van der Waals surface area contributed by atoms with E-state index in [0.717, 1.165) is 6.08 Å². The summed E-state index contributed by atoms with van der Waals surface area (Å²) in [5, 5.41) is 30.6. The van der Waals surface area contributed by atoms with Crippen LogP contribution in [0.15, 0.2) is 18.2 Å². The van der Waals surface area contributed by atoms with Crippen LogP contribution in [0.5, 0.6) is 17.2 Å². The summed E-state index contributed by atoms with van der Waals surface area (Å²) >= 11 is 0. The minimum Gasteiger partial charge on any atom is -0.546 e. The number of carboxylic acids is 2. The van der Waals surface area contributed by atoms with Crippen molar-refractivity contribution in [2.75, 3.05) is 14.2 Å². The van der Waals surface area contributed by atoms with Crippen LogP contribution in [0.2, 0.25) is 0 Å². The average Bonchev–Trinajstić information content (AvgIpc) is 2.50. The number of carboxylic acid groups (broad SMARTS) is 2. The number of ether oxygens (including phenoxy) is 3. The van der Waals surface area contributed by atoms with Gasteiger partial charge in [-0.15, -0.1) is 0 Å². The van der Waals surface area contributed by atoms with Gasteiger partial charge in [0, 0.05) is 6.08 Å². The Bertz CT molecular complexity index is 609. The van der Waals surface area contributed by atoms with Gasteiger partial charge in [-0.3, -0.25) is 0 Å². The van der Waals surface area contributed by atoms with Gasteiger partial charge in [-0.25, -0.2) is 4.79 Å². The lowest BCUT2D eigenvalue weighted by atomic mass is 10.1. The molecule has 1 aromatic carbocycles. The third kappa shape index (κ3) is 4.63. The lowest BCUT2D eigenvalue weighted by molar-refractivity contribution is -0.336. The minimum atomic E-state index is -2.52. The third-order valence-corrected chi connectivity index (χ3v) is 2.58. The summed E-state index contributed by atoms with van der Waals surface area (Å²) in [6.07, 6.45) is -0.561. The SMILES string of the molecule is COc1cc(/C=C/C(=O)OC(C(=O)[O-])C(=O)[O-])cc(OC)c1O. The summed E-state index contributed by atoms with van der Waals surface area (Å²) in [6.45, 7) is 0. The van der Waals surface area contributed by atoms with Crippen molar-refractivity contribution in [3.63, 3.8) is 0 Å². The molecule has 0 amide bonds. The van der Waals surface area contributed by atoms with E-state index < -0.39 is 24.0 Å². The van der Waals surface area contributed by atoms with Crippen molar-refractivity contribution in [1.82, 2.24) is 0 Å². The first kappa shape index (κ1) is 17.8. The van der Waals surface area contributed by atoms with Crippen molar-refractivity contribution in [3.05, 3.63) is 23.8 Å². The zero-order chi connectivity index (χ0) is 17.6. The molecule has 0 aliphatic rings. The molecule has 1 aromatic rings. The highest BCUT2D eigenvalue weighted by Gasteiger charge is 2.15. The Hall–Kier alpha value is -3.23. The third-order valence-electron chi connectivity index (χ3n) is 2.58. The Morgan fingerprint density at radius 3 is 1.96 bits per heavy atom. The molecule has 9 nitrogen and oxygen atoms in total. The first-order valence-electron chi connectivity index (χ1n) is 6.05. The number of esters is 1. The molecule has 0 radical (unpaired) electrons. The van der Waals surface area contributed by atoms with Crippen molar-refractivity contribution in [1.29, 1.82) is 0 Å². The van der Waals surface area contributed by atoms with Crippen molar-refractivity contribution in [2.45, 2.75) is 6.10 Å². The molecule has 124 valence electrons. The minimum absolute atomic E-state index is 0.0692. The molecule has 0 saturated carbocycles. The quantitative estimate of drug-likeness (QED) is 0.336. The highest BCUT2D eigenvalue weighted by molar-refractivity contribution is 5.98. The second-order valence-electron chi connectivity index (χ2n) is 4.06. The number of phenols is 1. The standard InChI is InChI=1S/C14H14O9/c1-21-8-5-7(6-9(22-2)11(8)16)3-4-10(15)23-12(13(17)18)14(19)20/h3-6,12,16H,1-2H3,(H,17,18)(H,19,20)/p-2/b4-3+. The Morgan fingerprint density at radius 1 is 1.09 bits per heavy atom. The number of carbonyl (C=O) groups is 3. The van der Waals surface area contributed by atoms with Crippen molar-refractivity contribution in [3.8, 4) is 17.2 Å². The van der Waals surface area contributed by atoms with Gasteiger partial charge in [0.1, 0.15) is 0 Å². The van der Waals surface area contributed by atoms with Crippen LogP contribution in [0.3, 0.4) is 0 Å². The first-order chi connectivity index (χ1) is 10.8. The predicted octanol–water partition coefficient (Wildman–Crippen LogP) is -2.17. The molecular weight excluding hydrogens is 312 g/mol. The van der Waals surface area contributed by atoms with Gasteiger partial charge in [0.2, 0.25) is 5.75 Å².